The maximum Gasteiger partial charge on any atom is 0.308 e. The van der Waals surface area contributed by atoms with Gasteiger partial charge in [-0.3, -0.25) is 0 Å². The number of hydrogen-bond donors (Lipinski definition) is 1. The summed E-state index contributed by atoms with van der Waals surface area (Å²) in [6.45, 7) is 0.663. The number of nitrogens with two attached hydrogens (primary N) is 1. The van der Waals surface area contributed by atoms with Gasteiger partial charge in [0.15, 0.2) is 0 Å². The van der Waals surface area contributed by atoms with Gasteiger partial charge in [-0.2, -0.15) is 0 Å². The molecule has 0 saturated heterocycles. The van der Waals surface area contributed by atoms with Crippen molar-refractivity contribution in [2.45, 2.75) is 12.8 Å². The Morgan fingerprint density at radius 2 is 2.00 bits per heavy atom. The van der Waals surface area contributed by atoms with E-state index in [1.807, 2.05) is 11.7 Å². The fraction of sp³-hybridized carbons (Fsp3) is 0.545. The summed E-state index contributed by atoms with van der Waals surface area (Å²) < 4.78 is 16.2. The molecule has 0 unspecified atom stereocenters. The molecule has 0 bridgehead atoms. The van der Waals surface area contributed by atoms with Crippen LogP contribution in [0.25, 0.3) is 0 Å². The molecule has 4 nitrogen and oxygen atoms in total. The highest BCUT2D eigenvalue weighted by molar-refractivity contribution is 6.50. The van der Waals surface area contributed by atoms with Crippen molar-refractivity contribution in [3.8, 4) is 11.1 Å². The fourth-order valence-electron chi connectivity index (χ4n) is 1.68. The molecule has 0 atom stereocenters. The van der Waals surface area contributed by atoms with Crippen LogP contribution in [-0.4, -0.2) is 36.5 Å². The summed E-state index contributed by atoms with van der Waals surface area (Å²) in [5, 5.41) is 0.917. The van der Waals surface area contributed by atoms with E-state index in [0.29, 0.717) is 6.54 Å². The molecule has 0 amide bonds. The highest BCUT2D eigenvalue weighted by Crippen LogP contribution is 2.28. The van der Waals surface area contributed by atoms with Gasteiger partial charge < -0.3 is 19.6 Å². The van der Waals surface area contributed by atoms with Gasteiger partial charge in [-0.1, -0.05) is 0 Å². The fourth-order valence-corrected chi connectivity index (χ4v) is 3.20. The zero-order valence-corrected chi connectivity index (χ0v) is 11.1. The van der Waals surface area contributed by atoms with Gasteiger partial charge >= 0.3 is 8.64 Å². The Morgan fingerprint density at radius 3 is 2.50 bits per heavy atom. The molecular formula is C11H19NO3Si. The van der Waals surface area contributed by atoms with Crippen molar-refractivity contribution in [1.29, 1.82) is 0 Å². The molecule has 0 aliphatic carbocycles. The second kappa shape index (κ2) is 6.50. The lowest BCUT2D eigenvalue weighted by Gasteiger charge is -2.15. The predicted molar refractivity (Wildman–Crippen MR) is 65.4 cm³/mol. The van der Waals surface area contributed by atoms with Gasteiger partial charge in [0.1, 0.15) is 11.1 Å². The zero-order chi connectivity index (χ0) is 12.0. The van der Waals surface area contributed by atoms with Crippen LogP contribution in [0.1, 0.15) is 12.0 Å². The molecule has 0 spiro atoms. The first kappa shape index (κ1) is 13.0. The molecule has 0 fully saturated rings. The van der Waals surface area contributed by atoms with E-state index in [2.05, 4.69) is 0 Å². The van der Waals surface area contributed by atoms with Crippen LogP contribution in [0.4, 0.5) is 0 Å². The van der Waals surface area contributed by atoms with Crippen LogP contribution in [0.15, 0.2) is 11.7 Å². The molecule has 1 aromatic heterocycles. The Labute approximate surface area is 98.0 Å². The third-order valence-corrected chi connectivity index (χ3v) is 4.32. The molecule has 5 heteroatoms. The topological polar surface area (TPSA) is 53.7 Å². The number of rotatable bonds is 6. The quantitative estimate of drug-likeness (QED) is 0.744. The lowest BCUT2D eigenvalue weighted by Crippen LogP contribution is -2.14. The minimum absolute atomic E-state index is 0.663. The van der Waals surface area contributed by atoms with E-state index in [1.165, 1.54) is 0 Å². The molecule has 2 N–H and O–H groups in total. The van der Waals surface area contributed by atoms with Crippen LogP contribution in [0.2, 0.25) is 0 Å². The number of hydrogen-bond acceptors (Lipinski definition) is 4. The SMILES string of the molecule is COc1cc[si](OC)c(OC)c1CCCN. The largest absolute Gasteiger partial charge is 0.548 e. The van der Waals surface area contributed by atoms with Gasteiger partial charge in [-0.25, -0.2) is 0 Å². The first-order valence-corrected chi connectivity index (χ1v) is 6.75. The summed E-state index contributed by atoms with van der Waals surface area (Å²) in [4.78, 5) is 0. The van der Waals surface area contributed by atoms with Crippen molar-refractivity contribution in [2.75, 3.05) is 27.9 Å². The smallest absolute Gasteiger partial charge is 0.308 e. The lowest BCUT2D eigenvalue weighted by molar-refractivity contribution is 0.383. The van der Waals surface area contributed by atoms with Crippen molar-refractivity contribution in [3.05, 3.63) is 17.3 Å². The first-order valence-electron chi connectivity index (χ1n) is 5.26. The van der Waals surface area contributed by atoms with Crippen LogP contribution >= 0.6 is 0 Å². The first-order chi connectivity index (χ1) is 7.78. The van der Waals surface area contributed by atoms with E-state index in [9.17, 15) is 0 Å². The Hall–Kier alpha value is -1.07. The van der Waals surface area contributed by atoms with Crippen LogP contribution in [0.3, 0.4) is 0 Å². The third kappa shape index (κ3) is 2.74. The molecular weight excluding hydrogens is 222 g/mol. The molecule has 0 radical (unpaired) electrons. The Morgan fingerprint density at radius 1 is 1.25 bits per heavy atom. The minimum atomic E-state index is -1.16. The maximum atomic E-state index is 5.53. The molecule has 16 heavy (non-hydrogen) atoms. The maximum absolute atomic E-state index is 5.53. The van der Waals surface area contributed by atoms with Crippen LogP contribution < -0.4 is 19.6 Å². The Kier molecular flexibility index (Phi) is 5.28. The molecule has 1 aromatic rings. The summed E-state index contributed by atoms with van der Waals surface area (Å²) in [5.41, 5.74) is 8.65. The monoisotopic (exact) mass is 241 g/mol. The third-order valence-electron chi connectivity index (χ3n) is 2.46. The van der Waals surface area contributed by atoms with Gasteiger partial charge in [-0.15, -0.1) is 0 Å². The molecule has 0 aliphatic rings. The van der Waals surface area contributed by atoms with E-state index in [0.717, 1.165) is 29.5 Å². The Balaban J connectivity index is 3.14. The van der Waals surface area contributed by atoms with Crippen molar-refractivity contribution in [3.63, 3.8) is 0 Å². The summed E-state index contributed by atoms with van der Waals surface area (Å²) in [7, 11) is 3.88. The van der Waals surface area contributed by atoms with E-state index in [1.54, 1.807) is 21.3 Å². The van der Waals surface area contributed by atoms with Crippen molar-refractivity contribution >= 4 is 8.64 Å². The minimum Gasteiger partial charge on any atom is -0.548 e. The lowest BCUT2D eigenvalue weighted by atomic mass is 10.1. The summed E-state index contributed by atoms with van der Waals surface area (Å²) in [6.07, 6.45) is 1.78. The summed E-state index contributed by atoms with van der Waals surface area (Å²) in [6, 6.07) is 1.96. The van der Waals surface area contributed by atoms with Crippen LogP contribution in [0.5, 0.6) is 11.1 Å². The van der Waals surface area contributed by atoms with Gasteiger partial charge in [0.2, 0.25) is 0 Å². The van der Waals surface area contributed by atoms with Crippen LogP contribution in [0, 0.1) is 0 Å². The van der Waals surface area contributed by atoms with Crippen LogP contribution in [-0.2, 0) is 6.42 Å². The molecule has 1 heterocycles. The summed E-state index contributed by atoms with van der Waals surface area (Å²) in [5.74, 6) is 0.858. The van der Waals surface area contributed by atoms with Crippen molar-refractivity contribution < 1.29 is 13.9 Å². The van der Waals surface area contributed by atoms with E-state index in [4.69, 9.17) is 19.6 Å². The second-order valence-corrected chi connectivity index (χ2v) is 5.30. The van der Waals surface area contributed by atoms with Crippen molar-refractivity contribution in [1.82, 2.24) is 0 Å². The number of methoxy groups -OCH3 is 2. The normalized spacial score (nSPS) is 10.0. The van der Waals surface area contributed by atoms with Gasteiger partial charge in [0.05, 0.1) is 21.3 Å². The average Bonchev–Trinajstić information content (AvgIpc) is 2.34. The van der Waals surface area contributed by atoms with E-state index >= 15 is 0 Å². The molecule has 1 rings (SSSR count). The molecule has 0 aliphatic heterocycles. The van der Waals surface area contributed by atoms with Gasteiger partial charge in [-0.05, 0) is 31.1 Å². The highest BCUT2D eigenvalue weighted by atomic mass is 28.3. The molecule has 0 aromatic carbocycles. The zero-order valence-electron chi connectivity index (χ0n) is 10.1. The standard InChI is InChI=1S/C11H19NO3Si/c1-13-10-6-8-16(15-3)11(14-2)9(10)5-4-7-12/h6,8H,4-5,7,12H2,1-3H3. The van der Waals surface area contributed by atoms with Gasteiger partial charge in [0, 0.05) is 5.56 Å². The van der Waals surface area contributed by atoms with E-state index < -0.39 is 8.64 Å². The van der Waals surface area contributed by atoms with Gasteiger partial charge in [0.25, 0.3) is 0 Å². The highest BCUT2D eigenvalue weighted by Gasteiger charge is 2.15. The molecule has 90 valence electrons. The molecule has 0 saturated carbocycles. The predicted octanol–water partition coefficient (Wildman–Crippen LogP) is 0.679. The van der Waals surface area contributed by atoms with E-state index in [-0.39, 0.29) is 0 Å². The second-order valence-electron chi connectivity index (χ2n) is 3.37. The van der Waals surface area contributed by atoms with Crippen molar-refractivity contribution in [2.24, 2.45) is 5.73 Å². The number of ether oxygens (including phenoxy) is 2. The summed E-state index contributed by atoms with van der Waals surface area (Å²) >= 11 is 0. The average molecular weight is 241 g/mol. The Bertz CT molecular complexity index is 344.